The third-order valence-corrected chi connectivity index (χ3v) is 4.40. The average molecular weight is 271 g/mol. The van der Waals surface area contributed by atoms with Crippen LogP contribution in [-0.4, -0.2) is 32.2 Å². The van der Waals surface area contributed by atoms with Gasteiger partial charge < -0.3 is 10.5 Å². The summed E-state index contributed by atoms with van der Waals surface area (Å²) in [6.07, 6.45) is 2.05. The molecule has 1 saturated heterocycles. The summed E-state index contributed by atoms with van der Waals surface area (Å²) in [7, 11) is -3.58. The van der Waals surface area contributed by atoms with Crippen LogP contribution in [-0.2, 0) is 21.3 Å². The molecule has 2 heterocycles. The number of hydrogen-bond donors (Lipinski definition) is 2. The number of nitrogens with two attached hydrogens (primary N) is 1. The van der Waals surface area contributed by atoms with Crippen molar-refractivity contribution in [1.29, 1.82) is 0 Å². The minimum absolute atomic E-state index is 0.0128. The van der Waals surface area contributed by atoms with Crippen LogP contribution in [0.3, 0.4) is 0 Å². The highest BCUT2D eigenvalue weighted by Crippen LogP contribution is 2.16. The quantitative estimate of drug-likeness (QED) is 0.803. The molecule has 2 unspecified atom stereocenters. The van der Waals surface area contributed by atoms with Crippen LogP contribution in [0.25, 0.3) is 0 Å². The van der Waals surface area contributed by atoms with Crippen LogP contribution in [0.15, 0.2) is 23.4 Å². The summed E-state index contributed by atoms with van der Waals surface area (Å²) in [6.45, 7) is 2.77. The van der Waals surface area contributed by atoms with Gasteiger partial charge in [-0.3, -0.25) is 0 Å². The minimum Gasteiger partial charge on any atom is -0.377 e. The first-order chi connectivity index (χ1) is 8.53. The van der Waals surface area contributed by atoms with Crippen molar-refractivity contribution in [2.45, 2.75) is 37.1 Å². The Morgan fingerprint density at radius 3 is 2.83 bits per heavy atom. The van der Waals surface area contributed by atoms with Crippen LogP contribution in [0.2, 0.25) is 0 Å². The van der Waals surface area contributed by atoms with Crippen molar-refractivity contribution in [2.24, 2.45) is 5.73 Å². The zero-order chi connectivity index (χ0) is 13.2. The average Bonchev–Trinajstić information content (AvgIpc) is 2.74. The van der Waals surface area contributed by atoms with E-state index < -0.39 is 10.0 Å². The van der Waals surface area contributed by atoms with E-state index in [2.05, 4.69) is 9.71 Å². The largest absolute Gasteiger partial charge is 0.377 e. The van der Waals surface area contributed by atoms with Gasteiger partial charge in [0.1, 0.15) is 0 Å². The molecular formula is C11H17N3O3S. The molecule has 0 amide bonds. The molecule has 0 aromatic carbocycles. The minimum atomic E-state index is -3.58. The van der Waals surface area contributed by atoms with E-state index in [-0.39, 0.29) is 17.2 Å². The van der Waals surface area contributed by atoms with Crippen molar-refractivity contribution in [3.8, 4) is 0 Å². The second-order valence-electron chi connectivity index (χ2n) is 4.30. The molecule has 1 aliphatic heterocycles. The number of aromatic nitrogens is 1. The standard InChI is InChI=1S/C11H17N3O3S/c1-8-10(4-5-17-8)14-18(15,16)11-3-2-9(6-12)7-13-11/h2-3,7-8,10,14H,4-6,12H2,1H3. The maximum absolute atomic E-state index is 12.1. The summed E-state index contributed by atoms with van der Waals surface area (Å²) in [6, 6.07) is 2.94. The fraction of sp³-hybridized carbons (Fsp3) is 0.545. The topological polar surface area (TPSA) is 94.3 Å². The Hall–Kier alpha value is -1.02. The van der Waals surface area contributed by atoms with E-state index in [4.69, 9.17) is 10.5 Å². The first kappa shape index (κ1) is 13.4. The van der Waals surface area contributed by atoms with Gasteiger partial charge in [-0.1, -0.05) is 6.07 Å². The molecule has 18 heavy (non-hydrogen) atoms. The first-order valence-electron chi connectivity index (χ1n) is 5.82. The van der Waals surface area contributed by atoms with E-state index in [1.54, 1.807) is 6.07 Å². The number of ether oxygens (including phenoxy) is 1. The van der Waals surface area contributed by atoms with E-state index >= 15 is 0 Å². The van der Waals surface area contributed by atoms with E-state index in [1.807, 2.05) is 6.92 Å². The number of hydrogen-bond acceptors (Lipinski definition) is 5. The predicted octanol–water partition coefficient (Wildman–Crippen LogP) is -0.00400. The van der Waals surface area contributed by atoms with Crippen LogP contribution in [0.5, 0.6) is 0 Å². The predicted molar refractivity (Wildman–Crippen MR) is 66.3 cm³/mol. The molecule has 2 atom stereocenters. The highest BCUT2D eigenvalue weighted by atomic mass is 32.2. The molecule has 100 valence electrons. The number of nitrogens with one attached hydrogen (secondary N) is 1. The van der Waals surface area contributed by atoms with E-state index in [1.165, 1.54) is 12.3 Å². The van der Waals surface area contributed by atoms with Gasteiger partial charge in [0.05, 0.1) is 12.1 Å². The van der Waals surface area contributed by atoms with Crippen molar-refractivity contribution in [1.82, 2.24) is 9.71 Å². The number of rotatable bonds is 4. The second-order valence-corrected chi connectivity index (χ2v) is 5.96. The maximum atomic E-state index is 12.1. The normalized spacial score (nSPS) is 24.3. The van der Waals surface area contributed by atoms with Crippen LogP contribution in [0, 0.1) is 0 Å². The molecule has 3 N–H and O–H groups in total. The van der Waals surface area contributed by atoms with E-state index in [9.17, 15) is 8.42 Å². The highest BCUT2D eigenvalue weighted by Gasteiger charge is 2.29. The third kappa shape index (κ3) is 2.86. The van der Waals surface area contributed by atoms with Crippen molar-refractivity contribution >= 4 is 10.0 Å². The summed E-state index contributed by atoms with van der Waals surface area (Å²) in [5.74, 6) is 0. The van der Waals surface area contributed by atoms with Crippen LogP contribution in [0.4, 0.5) is 0 Å². The lowest BCUT2D eigenvalue weighted by Gasteiger charge is -2.15. The number of pyridine rings is 1. The van der Waals surface area contributed by atoms with Crippen molar-refractivity contribution in [3.63, 3.8) is 0 Å². The van der Waals surface area contributed by atoms with Crippen LogP contribution >= 0.6 is 0 Å². The van der Waals surface area contributed by atoms with E-state index in [0.29, 0.717) is 19.6 Å². The number of nitrogens with zero attached hydrogens (tertiary/aromatic N) is 1. The number of sulfonamides is 1. The van der Waals surface area contributed by atoms with Crippen LogP contribution < -0.4 is 10.5 Å². The lowest BCUT2D eigenvalue weighted by atomic mass is 10.2. The summed E-state index contributed by atoms with van der Waals surface area (Å²) in [4.78, 5) is 3.92. The highest BCUT2D eigenvalue weighted by molar-refractivity contribution is 7.89. The van der Waals surface area contributed by atoms with Gasteiger partial charge >= 0.3 is 0 Å². The lowest BCUT2D eigenvalue weighted by molar-refractivity contribution is 0.117. The molecule has 6 nitrogen and oxygen atoms in total. The molecule has 2 rings (SSSR count). The fourth-order valence-electron chi connectivity index (χ4n) is 1.84. The van der Waals surface area contributed by atoms with Crippen LogP contribution in [0.1, 0.15) is 18.9 Å². The van der Waals surface area contributed by atoms with Gasteiger partial charge in [-0.2, -0.15) is 0 Å². The Kier molecular flexibility index (Phi) is 3.96. The Balaban J connectivity index is 2.14. The maximum Gasteiger partial charge on any atom is 0.258 e. The Morgan fingerprint density at radius 1 is 1.56 bits per heavy atom. The Labute approximate surface area is 107 Å². The SMILES string of the molecule is CC1OCCC1NS(=O)(=O)c1ccc(CN)cn1. The molecule has 0 saturated carbocycles. The molecule has 0 bridgehead atoms. The summed E-state index contributed by atoms with van der Waals surface area (Å²) < 4.78 is 32.1. The van der Waals surface area contributed by atoms with Crippen molar-refractivity contribution < 1.29 is 13.2 Å². The fourth-order valence-corrected chi connectivity index (χ4v) is 3.10. The monoisotopic (exact) mass is 271 g/mol. The Bertz CT molecular complexity index is 501. The molecule has 0 radical (unpaired) electrons. The van der Waals surface area contributed by atoms with Gasteiger partial charge in [0.2, 0.25) is 0 Å². The molecule has 1 aliphatic rings. The smallest absolute Gasteiger partial charge is 0.258 e. The third-order valence-electron chi connectivity index (χ3n) is 2.99. The summed E-state index contributed by atoms with van der Waals surface area (Å²) in [5, 5.41) is 0.0128. The molecule has 0 spiro atoms. The lowest BCUT2D eigenvalue weighted by Crippen LogP contribution is -2.39. The Morgan fingerprint density at radius 2 is 2.33 bits per heavy atom. The molecule has 0 aliphatic carbocycles. The van der Waals surface area contributed by atoms with Gasteiger partial charge in [0, 0.05) is 19.3 Å². The zero-order valence-corrected chi connectivity index (χ0v) is 11.0. The zero-order valence-electron chi connectivity index (χ0n) is 10.2. The van der Waals surface area contributed by atoms with E-state index in [0.717, 1.165) is 5.56 Å². The molecule has 1 aromatic rings. The van der Waals surface area contributed by atoms with Crippen molar-refractivity contribution in [3.05, 3.63) is 23.9 Å². The molecule has 7 heteroatoms. The second kappa shape index (κ2) is 5.31. The molecular weight excluding hydrogens is 254 g/mol. The van der Waals surface area contributed by atoms with Gasteiger partial charge in [0.15, 0.2) is 5.03 Å². The molecule has 1 aromatic heterocycles. The molecule has 1 fully saturated rings. The van der Waals surface area contributed by atoms with Gasteiger partial charge in [-0.05, 0) is 25.0 Å². The van der Waals surface area contributed by atoms with Gasteiger partial charge in [0.25, 0.3) is 10.0 Å². The summed E-state index contributed by atoms with van der Waals surface area (Å²) >= 11 is 0. The van der Waals surface area contributed by atoms with Gasteiger partial charge in [-0.25, -0.2) is 18.1 Å². The van der Waals surface area contributed by atoms with Crippen molar-refractivity contribution in [2.75, 3.05) is 6.61 Å². The summed E-state index contributed by atoms with van der Waals surface area (Å²) in [5.41, 5.74) is 6.24. The first-order valence-corrected chi connectivity index (χ1v) is 7.30. The van der Waals surface area contributed by atoms with Gasteiger partial charge in [-0.15, -0.1) is 0 Å².